The molecule has 7 heteroatoms. The number of benzene rings is 1. The number of rotatable bonds is 4. The highest BCUT2D eigenvalue weighted by molar-refractivity contribution is 5.59. The van der Waals surface area contributed by atoms with Crippen LogP contribution in [-0.2, 0) is 12.6 Å². The van der Waals surface area contributed by atoms with Gasteiger partial charge in [-0.05, 0) is 24.1 Å². The van der Waals surface area contributed by atoms with Gasteiger partial charge in [0.2, 0.25) is 5.82 Å². The Labute approximate surface area is 120 Å². The fourth-order valence-electron chi connectivity index (χ4n) is 1.74. The Morgan fingerprint density at radius 3 is 2.19 bits per heavy atom. The van der Waals surface area contributed by atoms with Crippen LogP contribution in [0.4, 0.5) is 30.5 Å². The van der Waals surface area contributed by atoms with Gasteiger partial charge in [-0.1, -0.05) is 19.1 Å². The Kier molecular flexibility index (Phi) is 4.30. The van der Waals surface area contributed by atoms with E-state index in [0.29, 0.717) is 5.69 Å². The van der Waals surface area contributed by atoms with Gasteiger partial charge < -0.3 is 10.6 Å². The number of hydrogen-bond donors (Lipinski definition) is 2. The van der Waals surface area contributed by atoms with E-state index in [9.17, 15) is 13.2 Å². The summed E-state index contributed by atoms with van der Waals surface area (Å²) in [7, 11) is 1.50. The van der Waals surface area contributed by atoms with Crippen molar-refractivity contribution in [2.45, 2.75) is 19.5 Å². The smallest absolute Gasteiger partial charge is 0.373 e. The van der Waals surface area contributed by atoms with Crippen molar-refractivity contribution in [3.63, 3.8) is 0 Å². The molecular formula is C14H15F3N4. The number of alkyl halides is 3. The maximum Gasteiger partial charge on any atom is 0.451 e. The lowest BCUT2D eigenvalue weighted by Gasteiger charge is -2.11. The first-order valence-electron chi connectivity index (χ1n) is 6.42. The third-order valence-corrected chi connectivity index (χ3v) is 2.87. The SMILES string of the molecule is CCc1ccc(Nc2cc(NC)nc(C(F)(F)F)n2)cc1. The molecule has 0 saturated heterocycles. The molecule has 2 N–H and O–H groups in total. The lowest BCUT2D eigenvalue weighted by Crippen LogP contribution is -2.13. The molecule has 0 aliphatic carbocycles. The van der Waals surface area contributed by atoms with Crippen molar-refractivity contribution in [1.29, 1.82) is 0 Å². The van der Waals surface area contributed by atoms with Crippen molar-refractivity contribution >= 4 is 17.3 Å². The van der Waals surface area contributed by atoms with Crippen molar-refractivity contribution in [1.82, 2.24) is 9.97 Å². The molecule has 0 spiro atoms. The van der Waals surface area contributed by atoms with E-state index in [1.165, 1.54) is 13.1 Å². The molecule has 0 fully saturated rings. The fraction of sp³-hybridized carbons (Fsp3) is 0.286. The van der Waals surface area contributed by atoms with Crippen molar-refractivity contribution < 1.29 is 13.2 Å². The minimum absolute atomic E-state index is 0.0888. The molecule has 1 heterocycles. The van der Waals surface area contributed by atoms with Gasteiger partial charge in [0.15, 0.2) is 0 Å². The average molecular weight is 296 g/mol. The zero-order valence-corrected chi connectivity index (χ0v) is 11.6. The van der Waals surface area contributed by atoms with Crippen molar-refractivity contribution in [3.8, 4) is 0 Å². The van der Waals surface area contributed by atoms with Crippen molar-refractivity contribution in [3.05, 3.63) is 41.7 Å². The summed E-state index contributed by atoms with van der Waals surface area (Å²) in [5.41, 5.74) is 1.82. The van der Waals surface area contributed by atoms with Crippen LogP contribution in [-0.4, -0.2) is 17.0 Å². The second kappa shape index (κ2) is 5.99. The van der Waals surface area contributed by atoms with E-state index in [1.807, 2.05) is 19.1 Å². The van der Waals surface area contributed by atoms with Gasteiger partial charge in [-0.15, -0.1) is 0 Å². The quantitative estimate of drug-likeness (QED) is 0.900. The Balaban J connectivity index is 2.29. The van der Waals surface area contributed by atoms with Gasteiger partial charge in [-0.25, -0.2) is 9.97 Å². The summed E-state index contributed by atoms with van der Waals surface area (Å²) in [6.45, 7) is 2.03. The van der Waals surface area contributed by atoms with Gasteiger partial charge in [0.25, 0.3) is 0 Å². The van der Waals surface area contributed by atoms with Gasteiger partial charge in [0.1, 0.15) is 11.6 Å². The van der Waals surface area contributed by atoms with E-state index in [0.717, 1.165) is 12.0 Å². The molecule has 0 saturated carbocycles. The van der Waals surface area contributed by atoms with Crippen molar-refractivity contribution in [2.75, 3.05) is 17.7 Å². The fourth-order valence-corrected chi connectivity index (χ4v) is 1.74. The van der Waals surface area contributed by atoms with Crippen LogP contribution in [0.3, 0.4) is 0 Å². The monoisotopic (exact) mass is 296 g/mol. The average Bonchev–Trinajstić information content (AvgIpc) is 2.46. The van der Waals surface area contributed by atoms with Crippen LogP contribution in [0.25, 0.3) is 0 Å². The van der Waals surface area contributed by atoms with Gasteiger partial charge in [-0.2, -0.15) is 13.2 Å². The standard InChI is InChI=1S/C14H15F3N4/c1-3-9-4-6-10(7-5-9)19-12-8-11(18-2)20-13(21-12)14(15,16)17/h4-8H,3H2,1-2H3,(H2,18,19,20,21). The molecule has 0 bridgehead atoms. The third kappa shape index (κ3) is 3.84. The predicted octanol–water partition coefficient (Wildman–Crippen LogP) is 3.84. The van der Waals surface area contributed by atoms with E-state index in [4.69, 9.17) is 0 Å². The zero-order valence-electron chi connectivity index (χ0n) is 11.6. The van der Waals surface area contributed by atoms with Crippen LogP contribution in [0.2, 0.25) is 0 Å². The second-order valence-electron chi connectivity index (χ2n) is 4.39. The lowest BCUT2D eigenvalue weighted by atomic mass is 10.1. The number of halogens is 3. The Morgan fingerprint density at radius 2 is 1.67 bits per heavy atom. The van der Waals surface area contributed by atoms with Crippen LogP contribution in [0.5, 0.6) is 0 Å². The molecule has 21 heavy (non-hydrogen) atoms. The molecule has 0 atom stereocenters. The molecule has 0 radical (unpaired) electrons. The van der Waals surface area contributed by atoms with Gasteiger partial charge >= 0.3 is 6.18 Å². The normalized spacial score (nSPS) is 11.3. The highest BCUT2D eigenvalue weighted by Gasteiger charge is 2.35. The van der Waals surface area contributed by atoms with E-state index < -0.39 is 12.0 Å². The summed E-state index contributed by atoms with van der Waals surface area (Å²) in [6, 6.07) is 8.84. The summed E-state index contributed by atoms with van der Waals surface area (Å²) in [5, 5.41) is 5.44. The topological polar surface area (TPSA) is 49.8 Å². The van der Waals surface area contributed by atoms with E-state index >= 15 is 0 Å². The minimum atomic E-state index is -4.59. The molecule has 0 unspecified atom stereocenters. The molecule has 0 aliphatic heterocycles. The third-order valence-electron chi connectivity index (χ3n) is 2.87. The minimum Gasteiger partial charge on any atom is -0.373 e. The molecular weight excluding hydrogens is 281 g/mol. The molecule has 2 rings (SSSR count). The second-order valence-corrected chi connectivity index (χ2v) is 4.39. The Hall–Kier alpha value is -2.31. The first-order valence-corrected chi connectivity index (χ1v) is 6.42. The Morgan fingerprint density at radius 1 is 1.05 bits per heavy atom. The summed E-state index contributed by atoms with van der Waals surface area (Å²) < 4.78 is 38.2. The van der Waals surface area contributed by atoms with Gasteiger partial charge in [-0.3, -0.25) is 0 Å². The van der Waals surface area contributed by atoms with Gasteiger partial charge in [0.05, 0.1) is 0 Å². The van der Waals surface area contributed by atoms with E-state index in [2.05, 4.69) is 20.6 Å². The number of aromatic nitrogens is 2. The summed E-state index contributed by atoms with van der Waals surface area (Å²) in [5.74, 6) is -0.988. The zero-order chi connectivity index (χ0) is 15.5. The Bertz CT molecular complexity index is 609. The number of nitrogens with one attached hydrogen (secondary N) is 2. The van der Waals surface area contributed by atoms with E-state index in [-0.39, 0.29) is 11.6 Å². The maximum atomic E-state index is 12.7. The first kappa shape index (κ1) is 15.1. The van der Waals surface area contributed by atoms with Crippen LogP contribution in [0.15, 0.2) is 30.3 Å². The van der Waals surface area contributed by atoms with Crippen LogP contribution >= 0.6 is 0 Å². The predicted molar refractivity (Wildman–Crippen MR) is 75.7 cm³/mol. The molecule has 112 valence electrons. The lowest BCUT2D eigenvalue weighted by molar-refractivity contribution is -0.144. The van der Waals surface area contributed by atoms with E-state index in [1.54, 1.807) is 12.1 Å². The summed E-state index contributed by atoms with van der Waals surface area (Å²) in [6.07, 6.45) is -3.69. The molecule has 0 aliphatic rings. The number of hydrogen-bond acceptors (Lipinski definition) is 4. The number of nitrogens with zero attached hydrogens (tertiary/aromatic N) is 2. The van der Waals surface area contributed by atoms with Crippen LogP contribution in [0, 0.1) is 0 Å². The first-order chi connectivity index (χ1) is 9.92. The van der Waals surface area contributed by atoms with Crippen LogP contribution < -0.4 is 10.6 Å². The number of aryl methyl sites for hydroxylation is 1. The highest BCUT2D eigenvalue weighted by Crippen LogP contribution is 2.29. The molecule has 2 aromatic rings. The molecule has 0 amide bonds. The number of anilines is 3. The molecule has 1 aromatic heterocycles. The summed E-state index contributed by atoms with van der Waals surface area (Å²) in [4.78, 5) is 6.91. The van der Waals surface area contributed by atoms with Crippen LogP contribution in [0.1, 0.15) is 18.3 Å². The maximum absolute atomic E-state index is 12.7. The molecule has 4 nitrogen and oxygen atoms in total. The highest BCUT2D eigenvalue weighted by atomic mass is 19.4. The van der Waals surface area contributed by atoms with Gasteiger partial charge in [0, 0.05) is 18.8 Å². The summed E-state index contributed by atoms with van der Waals surface area (Å²) >= 11 is 0. The largest absolute Gasteiger partial charge is 0.451 e. The van der Waals surface area contributed by atoms with Crippen molar-refractivity contribution in [2.24, 2.45) is 0 Å². The molecule has 1 aromatic carbocycles.